The van der Waals surface area contributed by atoms with Crippen molar-refractivity contribution in [1.82, 2.24) is 0 Å². The Morgan fingerprint density at radius 2 is 1.91 bits per heavy atom. The molecule has 3 rings (SSSR count). The third kappa shape index (κ3) is 1.95. The number of aliphatic hydroxyl groups is 1. The molecule has 0 spiro atoms. The molecule has 1 heterocycles. The number of benzene rings is 1. The van der Waals surface area contributed by atoms with Crippen molar-refractivity contribution in [3.05, 3.63) is 53.1 Å². The van der Waals surface area contributed by atoms with Crippen LogP contribution in [0.25, 0.3) is 5.76 Å². The third-order valence-corrected chi connectivity index (χ3v) is 5.53. The summed E-state index contributed by atoms with van der Waals surface area (Å²) >= 11 is 0. The summed E-state index contributed by atoms with van der Waals surface area (Å²) in [7, 11) is -4.80. The van der Waals surface area contributed by atoms with Gasteiger partial charge in [0.1, 0.15) is 11.4 Å². The molecule has 1 aromatic carbocycles. The van der Waals surface area contributed by atoms with Gasteiger partial charge < -0.3 is 9.84 Å². The first-order valence-electron chi connectivity index (χ1n) is 6.99. The molecule has 1 atom stereocenters. The molecule has 6 heteroatoms. The molecule has 1 aliphatic carbocycles. The largest absolute Gasteiger partial charge is 0.487 e. The van der Waals surface area contributed by atoms with Gasteiger partial charge in [0, 0.05) is 22.3 Å². The molecule has 0 amide bonds. The zero-order valence-corrected chi connectivity index (χ0v) is 13.3. The number of rotatable bonds is 1. The van der Waals surface area contributed by atoms with Crippen molar-refractivity contribution in [1.29, 1.82) is 0 Å². The van der Waals surface area contributed by atoms with E-state index >= 15 is 0 Å². The van der Waals surface area contributed by atoms with Crippen LogP contribution >= 0.6 is 0 Å². The van der Waals surface area contributed by atoms with E-state index in [1.165, 1.54) is 6.07 Å². The van der Waals surface area contributed by atoms with Crippen molar-refractivity contribution in [2.75, 3.05) is 0 Å². The molecule has 0 aromatic heterocycles. The standard InChI is InChI=1S/C16H18O5S/c1-10-11-8-9-15(2,3)21-14(11)12-6-4-5-7-13(12)16(10,17)22(18,19)20/h4-7,17H,1,8-9H2,2-3H3,(H,18,19,20). The molecule has 0 saturated carbocycles. The summed E-state index contributed by atoms with van der Waals surface area (Å²) < 4.78 is 39.4. The molecule has 0 radical (unpaired) electrons. The van der Waals surface area contributed by atoms with Crippen LogP contribution in [0.2, 0.25) is 0 Å². The Balaban J connectivity index is 2.34. The first kappa shape index (κ1) is 15.3. The monoisotopic (exact) mass is 322 g/mol. The average Bonchev–Trinajstić information content (AvgIpc) is 2.42. The van der Waals surface area contributed by atoms with Gasteiger partial charge in [-0.1, -0.05) is 30.8 Å². The first-order valence-corrected chi connectivity index (χ1v) is 8.43. The lowest BCUT2D eigenvalue weighted by atomic mass is 9.79. The minimum absolute atomic E-state index is 0.0424. The highest BCUT2D eigenvalue weighted by molar-refractivity contribution is 7.86. The van der Waals surface area contributed by atoms with Crippen LogP contribution in [0.1, 0.15) is 37.8 Å². The van der Waals surface area contributed by atoms with Gasteiger partial charge in [-0.25, -0.2) is 0 Å². The molecule has 1 unspecified atom stereocenters. The second-order valence-electron chi connectivity index (χ2n) is 6.31. The van der Waals surface area contributed by atoms with Crippen LogP contribution in [-0.4, -0.2) is 23.7 Å². The fourth-order valence-electron chi connectivity index (χ4n) is 3.07. The molecule has 0 bridgehead atoms. The van der Waals surface area contributed by atoms with E-state index in [0.29, 0.717) is 29.7 Å². The number of ether oxygens (including phenoxy) is 1. The SMILES string of the molecule is C=C1C2=C(OC(C)(C)CC2)c2ccccc2C1(O)S(=O)(=O)O. The average molecular weight is 322 g/mol. The second-order valence-corrected chi connectivity index (χ2v) is 7.85. The smallest absolute Gasteiger partial charge is 0.304 e. The van der Waals surface area contributed by atoms with Crippen LogP contribution in [0.4, 0.5) is 0 Å². The van der Waals surface area contributed by atoms with Gasteiger partial charge >= 0.3 is 10.1 Å². The van der Waals surface area contributed by atoms with E-state index in [1.807, 2.05) is 13.8 Å². The number of hydrogen-bond donors (Lipinski definition) is 2. The maximum atomic E-state index is 11.9. The lowest BCUT2D eigenvalue weighted by molar-refractivity contribution is 0.0517. The van der Waals surface area contributed by atoms with Crippen LogP contribution in [0.3, 0.4) is 0 Å². The van der Waals surface area contributed by atoms with Gasteiger partial charge in [-0.2, -0.15) is 8.42 Å². The third-order valence-electron chi connectivity index (χ3n) is 4.31. The predicted molar refractivity (Wildman–Crippen MR) is 82.3 cm³/mol. The van der Waals surface area contributed by atoms with E-state index in [4.69, 9.17) is 4.74 Å². The molecule has 118 valence electrons. The Bertz CT molecular complexity index is 804. The van der Waals surface area contributed by atoms with E-state index in [1.54, 1.807) is 18.2 Å². The molecule has 2 N–H and O–H groups in total. The molecule has 5 nitrogen and oxygen atoms in total. The highest BCUT2D eigenvalue weighted by Crippen LogP contribution is 2.51. The molecule has 0 saturated heterocycles. The summed E-state index contributed by atoms with van der Waals surface area (Å²) in [6.07, 6.45) is 1.18. The van der Waals surface area contributed by atoms with Crippen molar-refractivity contribution in [2.45, 2.75) is 37.2 Å². The predicted octanol–water partition coefficient (Wildman–Crippen LogP) is 2.59. The minimum Gasteiger partial charge on any atom is -0.487 e. The summed E-state index contributed by atoms with van der Waals surface area (Å²) in [6.45, 7) is 7.64. The van der Waals surface area contributed by atoms with Crippen molar-refractivity contribution in [2.24, 2.45) is 0 Å². The van der Waals surface area contributed by atoms with Crippen molar-refractivity contribution < 1.29 is 22.8 Å². The Hall–Kier alpha value is -1.63. The fraction of sp³-hybridized carbons (Fsp3) is 0.375. The lowest BCUT2D eigenvalue weighted by Crippen LogP contribution is -2.43. The zero-order valence-electron chi connectivity index (χ0n) is 12.5. The second kappa shape index (κ2) is 4.44. The molecule has 1 aliphatic heterocycles. The maximum absolute atomic E-state index is 11.9. The molecule has 1 aromatic rings. The van der Waals surface area contributed by atoms with E-state index in [0.717, 1.165) is 0 Å². The normalized spacial score (nSPS) is 27.0. The Kier molecular flexibility index (Phi) is 3.08. The molecular formula is C16H18O5S. The first-order chi connectivity index (χ1) is 10.1. The van der Waals surface area contributed by atoms with E-state index in [9.17, 15) is 18.1 Å². The highest BCUT2D eigenvalue weighted by Gasteiger charge is 2.53. The van der Waals surface area contributed by atoms with Crippen LogP contribution in [-0.2, 0) is 19.8 Å². The van der Waals surface area contributed by atoms with Crippen LogP contribution in [0, 0.1) is 0 Å². The van der Waals surface area contributed by atoms with Gasteiger partial charge in [0.25, 0.3) is 0 Å². The van der Waals surface area contributed by atoms with Gasteiger partial charge in [-0.15, -0.1) is 0 Å². The van der Waals surface area contributed by atoms with Gasteiger partial charge in [0.15, 0.2) is 0 Å². The molecule has 2 aliphatic rings. The Morgan fingerprint density at radius 3 is 2.55 bits per heavy atom. The van der Waals surface area contributed by atoms with Crippen molar-refractivity contribution >= 4 is 15.9 Å². The summed E-state index contributed by atoms with van der Waals surface area (Å²) in [5.41, 5.74) is 0.647. The van der Waals surface area contributed by atoms with E-state index in [2.05, 4.69) is 6.58 Å². The topological polar surface area (TPSA) is 83.8 Å². The Labute approximate surface area is 129 Å². The number of hydrogen-bond acceptors (Lipinski definition) is 4. The van der Waals surface area contributed by atoms with Crippen molar-refractivity contribution in [3.8, 4) is 0 Å². The van der Waals surface area contributed by atoms with Gasteiger partial charge in [-0.3, -0.25) is 4.55 Å². The van der Waals surface area contributed by atoms with Crippen LogP contribution in [0.15, 0.2) is 42.0 Å². The Morgan fingerprint density at radius 1 is 1.27 bits per heavy atom. The van der Waals surface area contributed by atoms with Gasteiger partial charge in [-0.05, 0) is 26.7 Å². The summed E-state index contributed by atoms with van der Waals surface area (Å²) in [5.74, 6) is 0.533. The van der Waals surface area contributed by atoms with Crippen molar-refractivity contribution in [3.63, 3.8) is 0 Å². The summed E-state index contributed by atoms with van der Waals surface area (Å²) in [6, 6.07) is 6.46. The quantitative estimate of drug-likeness (QED) is 0.776. The van der Waals surface area contributed by atoms with E-state index in [-0.39, 0.29) is 16.7 Å². The lowest BCUT2D eigenvalue weighted by Gasteiger charge is -2.42. The molecular weight excluding hydrogens is 304 g/mol. The van der Waals surface area contributed by atoms with Gasteiger partial charge in [0.05, 0.1) is 0 Å². The van der Waals surface area contributed by atoms with Crippen LogP contribution < -0.4 is 0 Å². The van der Waals surface area contributed by atoms with Gasteiger partial charge in [0.2, 0.25) is 4.93 Å². The van der Waals surface area contributed by atoms with Crippen LogP contribution in [0.5, 0.6) is 0 Å². The fourth-order valence-corrected chi connectivity index (χ4v) is 3.96. The minimum atomic E-state index is -4.80. The summed E-state index contributed by atoms with van der Waals surface area (Å²) in [5, 5.41) is 10.8. The van der Waals surface area contributed by atoms with E-state index < -0.39 is 15.1 Å². The zero-order chi connectivity index (χ0) is 16.3. The number of fused-ring (bicyclic) bond motifs is 2. The summed E-state index contributed by atoms with van der Waals surface area (Å²) in [4.78, 5) is -2.53. The molecule has 0 fully saturated rings. The molecule has 22 heavy (non-hydrogen) atoms. The highest BCUT2D eigenvalue weighted by atomic mass is 32.2. The maximum Gasteiger partial charge on any atom is 0.304 e.